The lowest BCUT2D eigenvalue weighted by Crippen LogP contribution is -2.50. The maximum Gasteiger partial charge on any atom is 0.251 e. The minimum atomic E-state index is -3.45. The molecule has 1 aliphatic heterocycles. The number of sulfonamides is 1. The Balaban J connectivity index is 1.49. The summed E-state index contributed by atoms with van der Waals surface area (Å²) >= 11 is 6.03. The molecular formula is C20H24ClN3O4S. The molecule has 3 rings (SSSR count). The molecule has 0 unspecified atom stereocenters. The van der Waals surface area contributed by atoms with Gasteiger partial charge in [-0.05, 0) is 36.4 Å². The van der Waals surface area contributed by atoms with Crippen molar-refractivity contribution in [3.05, 3.63) is 59.1 Å². The number of nitrogens with zero attached hydrogens (tertiary/aromatic N) is 2. The van der Waals surface area contributed by atoms with Crippen LogP contribution in [-0.4, -0.2) is 64.2 Å². The molecule has 7 nitrogen and oxygen atoms in total. The lowest BCUT2D eigenvalue weighted by molar-refractivity contribution is 0.0955. The third kappa shape index (κ3) is 5.62. The molecule has 1 aliphatic rings. The van der Waals surface area contributed by atoms with Crippen LogP contribution in [0.2, 0.25) is 5.02 Å². The van der Waals surface area contributed by atoms with Crippen LogP contribution in [-0.2, 0) is 10.0 Å². The fourth-order valence-electron chi connectivity index (χ4n) is 3.19. The number of amides is 1. The number of hydrogen-bond acceptors (Lipinski definition) is 5. The summed E-state index contributed by atoms with van der Waals surface area (Å²) in [6.45, 7) is 2.04. The van der Waals surface area contributed by atoms with Gasteiger partial charge in [0.2, 0.25) is 10.0 Å². The van der Waals surface area contributed by atoms with E-state index in [0.29, 0.717) is 42.5 Å². The fourth-order valence-corrected chi connectivity index (χ4v) is 4.71. The lowest BCUT2D eigenvalue weighted by atomic mass is 10.2. The van der Waals surface area contributed by atoms with Gasteiger partial charge in [-0.3, -0.25) is 4.79 Å². The number of benzene rings is 2. The summed E-state index contributed by atoms with van der Waals surface area (Å²) in [5.74, 6) is 0.104. The summed E-state index contributed by atoms with van der Waals surface area (Å²) in [6, 6.07) is 14.2. The van der Waals surface area contributed by atoms with E-state index in [4.69, 9.17) is 16.3 Å². The zero-order valence-corrected chi connectivity index (χ0v) is 17.7. The third-order valence-electron chi connectivity index (χ3n) is 4.78. The van der Waals surface area contributed by atoms with Crippen molar-refractivity contribution in [2.24, 2.45) is 0 Å². The Labute approximate surface area is 176 Å². The molecule has 1 saturated heterocycles. The van der Waals surface area contributed by atoms with Crippen LogP contribution >= 0.6 is 11.6 Å². The standard InChI is InChI=1S/C20H24ClN3O4S/c1-28-19-7-2-4-16(14-19)20(25)22-8-13-29(26,27)24-11-9-23(10-12-24)18-6-3-5-17(21)15-18/h2-7,14-15H,8-13H2,1H3,(H,22,25). The molecule has 0 saturated carbocycles. The lowest BCUT2D eigenvalue weighted by Gasteiger charge is -2.35. The first-order valence-corrected chi connectivity index (χ1v) is 11.3. The predicted octanol–water partition coefficient (Wildman–Crippen LogP) is 2.23. The molecule has 0 aromatic heterocycles. The topological polar surface area (TPSA) is 78.9 Å². The normalized spacial score (nSPS) is 15.2. The van der Waals surface area contributed by atoms with Crippen LogP contribution in [0.25, 0.3) is 0 Å². The molecule has 1 heterocycles. The Hall–Kier alpha value is -2.29. The molecule has 1 fully saturated rings. The van der Waals surface area contributed by atoms with Gasteiger partial charge < -0.3 is 15.0 Å². The van der Waals surface area contributed by atoms with Crippen molar-refractivity contribution >= 4 is 33.2 Å². The zero-order chi connectivity index (χ0) is 20.9. The number of hydrogen-bond donors (Lipinski definition) is 1. The average molecular weight is 438 g/mol. The van der Waals surface area contributed by atoms with E-state index in [1.165, 1.54) is 11.4 Å². The molecule has 0 bridgehead atoms. The highest BCUT2D eigenvalue weighted by Gasteiger charge is 2.27. The minimum Gasteiger partial charge on any atom is -0.497 e. The first-order valence-electron chi connectivity index (χ1n) is 9.29. The SMILES string of the molecule is COc1cccc(C(=O)NCCS(=O)(=O)N2CCN(c3cccc(Cl)c3)CC2)c1. The van der Waals surface area contributed by atoms with Gasteiger partial charge in [0.1, 0.15) is 5.75 Å². The Morgan fingerprint density at radius 3 is 2.52 bits per heavy atom. The fraction of sp³-hybridized carbons (Fsp3) is 0.350. The highest BCUT2D eigenvalue weighted by molar-refractivity contribution is 7.89. The Bertz CT molecular complexity index is 960. The molecule has 156 valence electrons. The first-order chi connectivity index (χ1) is 13.9. The Morgan fingerprint density at radius 2 is 1.83 bits per heavy atom. The molecule has 9 heteroatoms. The van der Waals surface area contributed by atoms with Crippen LogP contribution in [0.15, 0.2) is 48.5 Å². The predicted molar refractivity (Wildman–Crippen MR) is 114 cm³/mol. The molecule has 2 aromatic carbocycles. The Morgan fingerprint density at radius 1 is 1.10 bits per heavy atom. The maximum absolute atomic E-state index is 12.6. The third-order valence-corrected chi connectivity index (χ3v) is 6.89. The van der Waals surface area contributed by atoms with Gasteiger partial charge in [0.15, 0.2) is 0 Å². The van der Waals surface area contributed by atoms with Crippen LogP contribution in [0, 0.1) is 0 Å². The van der Waals surface area contributed by atoms with Gasteiger partial charge in [-0.25, -0.2) is 8.42 Å². The van der Waals surface area contributed by atoms with Crippen molar-refractivity contribution in [2.45, 2.75) is 0 Å². The highest BCUT2D eigenvalue weighted by Crippen LogP contribution is 2.21. The second-order valence-corrected chi connectivity index (χ2v) is 9.19. The van der Waals surface area contributed by atoms with Gasteiger partial charge in [-0.2, -0.15) is 4.31 Å². The summed E-state index contributed by atoms with van der Waals surface area (Å²) in [7, 11) is -1.92. The summed E-state index contributed by atoms with van der Waals surface area (Å²) in [5, 5.41) is 3.32. The number of piperazine rings is 1. The van der Waals surface area contributed by atoms with Crippen molar-refractivity contribution < 1.29 is 17.9 Å². The van der Waals surface area contributed by atoms with E-state index in [-0.39, 0.29) is 18.2 Å². The van der Waals surface area contributed by atoms with Crippen molar-refractivity contribution in [2.75, 3.05) is 50.5 Å². The number of carbonyl (C=O) groups is 1. The first kappa shape index (κ1) is 21.4. The summed E-state index contributed by atoms with van der Waals surface area (Å²) in [4.78, 5) is 14.3. The molecule has 1 amide bonds. The molecule has 0 spiro atoms. The monoisotopic (exact) mass is 437 g/mol. The van der Waals surface area contributed by atoms with E-state index < -0.39 is 10.0 Å². The quantitative estimate of drug-likeness (QED) is 0.718. The number of methoxy groups -OCH3 is 1. The molecule has 0 atom stereocenters. The van der Waals surface area contributed by atoms with Crippen LogP contribution < -0.4 is 15.0 Å². The second-order valence-electron chi connectivity index (χ2n) is 6.67. The number of carbonyl (C=O) groups excluding carboxylic acids is 1. The van der Waals surface area contributed by atoms with Gasteiger partial charge >= 0.3 is 0 Å². The van der Waals surface area contributed by atoms with Crippen molar-refractivity contribution in [1.82, 2.24) is 9.62 Å². The molecule has 1 N–H and O–H groups in total. The average Bonchev–Trinajstić information content (AvgIpc) is 2.73. The second kappa shape index (κ2) is 9.47. The largest absolute Gasteiger partial charge is 0.497 e. The van der Waals surface area contributed by atoms with Gasteiger partial charge in [0.25, 0.3) is 5.91 Å². The minimum absolute atomic E-state index is 0.0485. The van der Waals surface area contributed by atoms with E-state index in [0.717, 1.165) is 5.69 Å². The molecule has 29 heavy (non-hydrogen) atoms. The van der Waals surface area contributed by atoms with E-state index >= 15 is 0 Å². The Kier molecular flexibility index (Phi) is 7.00. The zero-order valence-electron chi connectivity index (χ0n) is 16.2. The number of anilines is 1. The summed E-state index contributed by atoms with van der Waals surface area (Å²) in [6.07, 6.45) is 0. The van der Waals surface area contributed by atoms with Crippen LogP contribution in [0.4, 0.5) is 5.69 Å². The number of rotatable bonds is 7. The summed E-state index contributed by atoms with van der Waals surface area (Å²) < 4.78 is 31.8. The van der Waals surface area contributed by atoms with Gasteiger partial charge in [-0.15, -0.1) is 0 Å². The van der Waals surface area contributed by atoms with Gasteiger partial charge in [0.05, 0.1) is 12.9 Å². The molecular weight excluding hydrogens is 414 g/mol. The smallest absolute Gasteiger partial charge is 0.251 e. The van der Waals surface area contributed by atoms with Crippen LogP contribution in [0.1, 0.15) is 10.4 Å². The molecule has 2 aromatic rings. The maximum atomic E-state index is 12.6. The van der Waals surface area contributed by atoms with E-state index in [9.17, 15) is 13.2 Å². The van der Waals surface area contributed by atoms with E-state index in [2.05, 4.69) is 10.2 Å². The number of ether oxygens (including phenoxy) is 1. The van der Waals surface area contributed by atoms with Crippen molar-refractivity contribution in [3.8, 4) is 5.75 Å². The van der Waals surface area contributed by atoms with Crippen LogP contribution in [0.3, 0.4) is 0 Å². The highest BCUT2D eigenvalue weighted by atomic mass is 35.5. The van der Waals surface area contributed by atoms with Gasteiger partial charge in [0, 0.05) is 49.0 Å². The number of halogens is 1. The van der Waals surface area contributed by atoms with Gasteiger partial charge in [-0.1, -0.05) is 23.7 Å². The molecule has 0 radical (unpaired) electrons. The van der Waals surface area contributed by atoms with E-state index in [1.54, 1.807) is 24.3 Å². The summed E-state index contributed by atoms with van der Waals surface area (Å²) in [5.41, 5.74) is 1.41. The van der Waals surface area contributed by atoms with Crippen molar-refractivity contribution in [1.29, 1.82) is 0 Å². The van der Waals surface area contributed by atoms with E-state index in [1.807, 2.05) is 24.3 Å². The molecule has 0 aliphatic carbocycles. The number of nitrogens with one attached hydrogen (secondary N) is 1. The van der Waals surface area contributed by atoms with Crippen LogP contribution in [0.5, 0.6) is 5.75 Å². The van der Waals surface area contributed by atoms with Crippen molar-refractivity contribution in [3.63, 3.8) is 0 Å².